The van der Waals surface area contributed by atoms with Gasteiger partial charge in [-0.15, -0.1) is 0 Å². The summed E-state index contributed by atoms with van der Waals surface area (Å²) in [5.74, 6) is -0.0677. The third-order valence-corrected chi connectivity index (χ3v) is 1.96. The van der Waals surface area contributed by atoms with E-state index in [4.69, 9.17) is 5.73 Å². The van der Waals surface area contributed by atoms with Gasteiger partial charge in [-0.25, -0.2) is 0 Å². The van der Waals surface area contributed by atoms with E-state index >= 15 is 0 Å². The van der Waals surface area contributed by atoms with Crippen molar-refractivity contribution in [3.05, 3.63) is 29.3 Å². The number of aryl methyl sites for hydroxylation is 1. The molecule has 0 radical (unpaired) electrons. The van der Waals surface area contributed by atoms with Gasteiger partial charge in [0.25, 0.3) is 0 Å². The Kier molecular flexibility index (Phi) is 2.68. The van der Waals surface area contributed by atoms with Crippen molar-refractivity contribution in [1.82, 2.24) is 0 Å². The number of rotatable bonds is 2. The fraction of sp³-hybridized carbons (Fsp3) is 0.300. The summed E-state index contributed by atoms with van der Waals surface area (Å²) in [7, 11) is 0. The van der Waals surface area contributed by atoms with Crippen LogP contribution < -0.4 is 5.73 Å². The summed E-state index contributed by atoms with van der Waals surface area (Å²) < 4.78 is 0. The number of ketones is 1. The van der Waals surface area contributed by atoms with E-state index in [2.05, 4.69) is 0 Å². The summed E-state index contributed by atoms with van der Waals surface area (Å²) in [4.78, 5) is 10.9. The second-order valence-electron chi connectivity index (χ2n) is 3.15. The Labute approximate surface area is 77.2 Å². The van der Waals surface area contributed by atoms with E-state index < -0.39 is 6.04 Å². The molecule has 3 N–H and O–H groups in total. The number of nitrogens with two attached hydrogens (primary N) is 1. The number of carbonyl (C=O) groups is 1. The maximum atomic E-state index is 10.9. The highest BCUT2D eigenvalue weighted by Gasteiger charge is 2.14. The Hall–Kier alpha value is -1.35. The second kappa shape index (κ2) is 3.58. The molecule has 0 aromatic heterocycles. The van der Waals surface area contributed by atoms with E-state index in [-0.39, 0.29) is 11.5 Å². The van der Waals surface area contributed by atoms with Crippen LogP contribution in [0, 0.1) is 6.92 Å². The number of phenols is 1. The van der Waals surface area contributed by atoms with E-state index in [1.54, 1.807) is 12.1 Å². The van der Waals surface area contributed by atoms with Gasteiger partial charge >= 0.3 is 0 Å². The van der Waals surface area contributed by atoms with Crippen LogP contribution in [-0.2, 0) is 4.79 Å². The lowest BCUT2D eigenvalue weighted by Crippen LogP contribution is -2.18. The lowest BCUT2D eigenvalue weighted by atomic mass is 10.0. The minimum atomic E-state index is -0.722. The first-order valence-electron chi connectivity index (χ1n) is 4.08. The molecule has 13 heavy (non-hydrogen) atoms. The molecule has 0 aliphatic rings. The second-order valence-corrected chi connectivity index (χ2v) is 3.15. The zero-order valence-corrected chi connectivity index (χ0v) is 7.74. The lowest BCUT2D eigenvalue weighted by molar-refractivity contribution is -0.118. The molecule has 0 amide bonds. The molecule has 0 saturated heterocycles. The highest BCUT2D eigenvalue weighted by molar-refractivity contribution is 5.83. The molecule has 3 nitrogen and oxygen atoms in total. The third kappa shape index (κ3) is 2.06. The van der Waals surface area contributed by atoms with Crippen molar-refractivity contribution in [3.63, 3.8) is 0 Å². The van der Waals surface area contributed by atoms with Gasteiger partial charge in [-0.05, 0) is 25.5 Å². The van der Waals surface area contributed by atoms with Gasteiger partial charge in [0.15, 0.2) is 5.78 Å². The molecule has 1 unspecified atom stereocenters. The quantitative estimate of drug-likeness (QED) is 0.719. The van der Waals surface area contributed by atoms with Gasteiger partial charge in [-0.2, -0.15) is 0 Å². The van der Waals surface area contributed by atoms with Gasteiger partial charge in [-0.3, -0.25) is 4.79 Å². The largest absolute Gasteiger partial charge is 0.508 e. The zero-order valence-electron chi connectivity index (χ0n) is 7.74. The Morgan fingerprint density at radius 1 is 1.54 bits per heavy atom. The number of phenolic OH excluding ortho intramolecular Hbond substituents is 1. The monoisotopic (exact) mass is 179 g/mol. The van der Waals surface area contributed by atoms with Gasteiger partial charge in [0.05, 0.1) is 6.04 Å². The molecule has 1 aromatic carbocycles. The van der Waals surface area contributed by atoms with E-state index in [0.717, 1.165) is 5.56 Å². The van der Waals surface area contributed by atoms with Crippen LogP contribution in [0.4, 0.5) is 0 Å². The third-order valence-electron chi connectivity index (χ3n) is 1.96. The van der Waals surface area contributed by atoms with Crippen LogP contribution in [-0.4, -0.2) is 10.9 Å². The van der Waals surface area contributed by atoms with Crippen LogP contribution in [0.3, 0.4) is 0 Å². The van der Waals surface area contributed by atoms with Crippen molar-refractivity contribution in [2.75, 3.05) is 0 Å². The van der Waals surface area contributed by atoms with Gasteiger partial charge in [0.2, 0.25) is 0 Å². The van der Waals surface area contributed by atoms with Crippen LogP contribution in [0.15, 0.2) is 18.2 Å². The molecule has 3 heteroatoms. The predicted octanol–water partition coefficient (Wildman–Crippen LogP) is 1.29. The minimum Gasteiger partial charge on any atom is -0.508 e. The first kappa shape index (κ1) is 9.74. The summed E-state index contributed by atoms with van der Waals surface area (Å²) in [6.45, 7) is 3.27. The SMILES string of the molecule is CC(=O)C(N)c1ccc(C)cc1O. The number of hydrogen-bond acceptors (Lipinski definition) is 3. The van der Waals surface area contributed by atoms with Gasteiger partial charge < -0.3 is 10.8 Å². The van der Waals surface area contributed by atoms with Crippen molar-refractivity contribution in [2.24, 2.45) is 5.73 Å². The standard InChI is InChI=1S/C10H13NO2/c1-6-3-4-8(9(13)5-6)10(11)7(2)12/h3-5,10,13H,11H2,1-2H3. The molecular weight excluding hydrogens is 166 g/mol. The van der Waals surface area contributed by atoms with Crippen molar-refractivity contribution < 1.29 is 9.90 Å². The average Bonchev–Trinajstić information content (AvgIpc) is 2.03. The molecule has 0 aliphatic heterocycles. The summed E-state index contributed by atoms with van der Waals surface area (Å²) in [6, 6.07) is 4.37. The molecule has 1 rings (SSSR count). The summed E-state index contributed by atoms with van der Waals surface area (Å²) in [6.07, 6.45) is 0. The van der Waals surface area contributed by atoms with Crippen LogP contribution in [0.2, 0.25) is 0 Å². The summed E-state index contributed by atoms with van der Waals surface area (Å²) in [5, 5.41) is 9.48. The molecule has 0 saturated carbocycles. The van der Waals surface area contributed by atoms with Crippen molar-refractivity contribution >= 4 is 5.78 Å². The molecule has 1 aromatic rings. The number of carbonyl (C=O) groups excluding carboxylic acids is 1. The first-order valence-corrected chi connectivity index (χ1v) is 4.08. The fourth-order valence-corrected chi connectivity index (χ4v) is 1.14. The minimum absolute atomic E-state index is 0.0858. The topological polar surface area (TPSA) is 63.3 Å². The molecule has 0 heterocycles. The molecular formula is C10H13NO2. The Morgan fingerprint density at radius 3 is 2.62 bits per heavy atom. The van der Waals surface area contributed by atoms with Crippen LogP contribution in [0.5, 0.6) is 5.75 Å². The molecule has 0 bridgehead atoms. The van der Waals surface area contributed by atoms with E-state index in [1.165, 1.54) is 6.92 Å². The Bertz CT molecular complexity index is 334. The summed E-state index contributed by atoms with van der Waals surface area (Å²) >= 11 is 0. The van der Waals surface area contributed by atoms with Crippen LogP contribution in [0.25, 0.3) is 0 Å². The fourth-order valence-electron chi connectivity index (χ4n) is 1.14. The highest BCUT2D eigenvalue weighted by atomic mass is 16.3. The van der Waals surface area contributed by atoms with Crippen LogP contribution >= 0.6 is 0 Å². The number of hydrogen-bond donors (Lipinski definition) is 2. The average molecular weight is 179 g/mol. The maximum absolute atomic E-state index is 10.9. The number of Topliss-reactive ketones (excluding diaryl/α,β-unsaturated/α-hetero) is 1. The predicted molar refractivity (Wildman–Crippen MR) is 50.5 cm³/mol. The van der Waals surface area contributed by atoms with E-state index in [0.29, 0.717) is 5.56 Å². The molecule has 0 fully saturated rings. The Morgan fingerprint density at radius 2 is 2.15 bits per heavy atom. The first-order chi connectivity index (χ1) is 6.02. The lowest BCUT2D eigenvalue weighted by Gasteiger charge is -2.10. The maximum Gasteiger partial charge on any atom is 0.151 e. The smallest absolute Gasteiger partial charge is 0.151 e. The molecule has 0 spiro atoms. The molecule has 1 atom stereocenters. The molecule has 70 valence electrons. The van der Waals surface area contributed by atoms with E-state index in [9.17, 15) is 9.90 Å². The molecule has 0 aliphatic carbocycles. The normalized spacial score (nSPS) is 12.5. The van der Waals surface area contributed by atoms with Crippen molar-refractivity contribution in [2.45, 2.75) is 19.9 Å². The zero-order chi connectivity index (χ0) is 10.0. The van der Waals surface area contributed by atoms with Crippen molar-refractivity contribution in [3.8, 4) is 5.75 Å². The number of benzene rings is 1. The van der Waals surface area contributed by atoms with Crippen LogP contribution in [0.1, 0.15) is 24.1 Å². The van der Waals surface area contributed by atoms with Gasteiger partial charge in [0, 0.05) is 5.56 Å². The van der Waals surface area contributed by atoms with Crippen molar-refractivity contribution in [1.29, 1.82) is 0 Å². The Balaban J connectivity index is 3.08. The number of aromatic hydroxyl groups is 1. The van der Waals surface area contributed by atoms with Gasteiger partial charge in [-0.1, -0.05) is 12.1 Å². The summed E-state index contributed by atoms with van der Waals surface area (Å²) in [5.41, 5.74) is 7.01. The highest BCUT2D eigenvalue weighted by Crippen LogP contribution is 2.23. The van der Waals surface area contributed by atoms with Gasteiger partial charge in [0.1, 0.15) is 5.75 Å². The van der Waals surface area contributed by atoms with E-state index in [1.807, 2.05) is 13.0 Å².